The lowest BCUT2D eigenvalue weighted by atomic mass is 9.87. The van der Waals surface area contributed by atoms with Gasteiger partial charge < -0.3 is 16.0 Å². The molecule has 0 spiro atoms. The number of carbonyl (C=O) groups is 2. The first-order valence-corrected chi connectivity index (χ1v) is 6.97. The van der Waals surface area contributed by atoms with Crippen LogP contribution in [-0.2, 0) is 16.0 Å². The molecule has 5 heteroatoms. The van der Waals surface area contributed by atoms with E-state index in [9.17, 15) is 9.59 Å². The highest BCUT2D eigenvalue weighted by Gasteiger charge is 2.27. The number of nitrogens with one attached hydrogen (secondary N) is 1. The fourth-order valence-electron chi connectivity index (χ4n) is 1.65. The first-order valence-electron chi connectivity index (χ1n) is 6.97. The molecule has 0 aliphatic carbocycles. The van der Waals surface area contributed by atoms with Crippen molar-refractivity contribution in [1.29, 1.82) is 0 Å². The van der Waals surface area contributed by atoms with Crippen LogP contribution in [0.15, 0.2) is 24.3 Å². The van der Waals surface area contributed by atoms with E-state index in [1.165, 1.54) is 0 Å². The van der Waals surface area contributed by atoms with Crippen molar-refractivity contribution in [3.05, 3.63) is 29.8 Å². The molecular formula is C16H25N3O2. The summed E-state index contributed by atoms with van der Waals surface area (Å²) in [6, 6.07) is 6.66. The van der Waals surface area contributed by atoms with Crippen LogP contribution in [0, 0.1) is 5.41 Å². The van der Waals surface area contributed by atoms with E-state index >= 15 is 0 Å². The first kappa shape index (κ1) is 17.2. The number of nitrogens with zero attached hydrogens (tertiary/aromatic N) is 1. The van der Waals surface area contributed by atoms with Crippen LogP contribution in [0.5, 0.6) is 0 Å². The Balaban J connectivity index is 2.67. The van der Waals surface area contributed by atoms with Crippen LogP contribution in [0.3, 0.4) is 0 Å². The van der Waals surface area contributed by atoms with Gasteiger partial charge in [-0.25, -0.2) is 0 Å². The molecule has 5 nitrogen and oxygen atoms in total. The van der Waals surface area contributed by atoms with Crippen molar-refractivity contribution in [3.63, 3.8) is 0 Å². The number of rotatable bonds is 4. The third-order valence-electron chi connectivity index (χ3n) is 3.29. The van der Waals surface area contributed by atoms with E-state index in [1.54, 1.807) is 31.1 Å². The van der Waals surface area contributed by atoms with Gasteiger partial charge in [-0.2, -0.15) is 0 Å². The molecule has 116 valence electrons. The zero-order chi connectivity index (χ0) is 16.2. The lowest BCUT2D eigenvalue weighted by molar-refractivity contribution is -0.128. The molecule has 1 atom stereocenters. The minimum absolute atomic E-state index is 0.0431. The lowest BCUT2D eigenvalue weighted by Gasteiger charge is -2.25. The molecule has 0 aliphatic rings. The van der Waals surface area contributed by atoms with Gasteiger partial charge in [0.1, 0.15) is 0 Å². The minimum atomic E-state index is -0.576. The average molecular weight is 291 g/mol. The Bertz CT molecular complexity index is 501. The van der Waals surface area contributed by atoms with E-state index in [1.807, 2.05) is 32.9 Å². The van der Waals surface area contributed by atoms with Gasteiger partial charge in [-0.05, 0) is 23.1 Å². The van der Waals surface area contributed by atoms with Crippen LogP contribution in [0.1, 0.15) is 26.3 Å². The summed E-state index contributed by atoms with van der Waals surface area (Å²) >= 11 is 0. The molecule has 1 aromatic rings. The number of hydrogen-bond acceptors (Lipinski definition) is 3. The third kappa shape index (κ3) is 5.19. The second-order valence-corrected chi connectivity index (χ2v) is 6.49. The second kappa shape index (κ2) is 6.72. The Kier molecular flexibility index (Phi) is 5.49. The van der Waals surface area contributed by atoms with Crippen LogP contribution in [0.25, 0.3) is 0 Å². The van der Waals surface area contributed by atoms with Crippen LogP contribution in [0.2, 0.25) is 0 Å². The van der Waals surface area contributed by atoms with Gasteiger partial charge in [0.25, 0.3) is 0 Å². The summed E-state index contributed by atoms with van der Waals surface area (Å²) in [5.41, 5.74) is 7.21. The molecule has 1 aromatic carbocycles. The molecular weight excluding hydrogens is 266 g/mol. The number of benzene rings is 1. The molecule has 0 bridgehead atoms. The summed E-state index contributed by atoms with van der Waals surface area (Å²) < 4.78 is 0. The molecule has 0 heterocycles. The Morgan fingerprint density at radius 2 is 1.71 bits per heavy atom. The van der Waals surface area contributed by atoms with Crippen molar-refractivity contribution < 1.29 is 9.59 Å². The van der Waals surface area contributed by atoms with Gasteiger partial charge in [-0.15, -0.1) is 0 Å². The topological polar surface area (TPSA) is 75.4 Å². The maximum Gasteiger partial charge on any atom is 0.241 e. The van der Waals surface area contributed by atoms with Crippen molar-refractivity contribution in [2.45, 2.75) is 33.2 Å². The standard InChI is InChI=1S/C16H25N3O2/c1-16(2,3)14(17)15(21)18-12-8-6-11(7-9-12)10-13(20)19(4)5/h6-9,14H,10,17H2,1-5H3,(H,18,21)/t14-/m0/s1. The van der Waals surface area contributed by atoms with Crippen molar-refractivity contribution in [1.82, 2.24) is 4.90 Å². The summed E-state index contributed by atoms with van der Waals surface area (Å²) in [5.74, 6) is -0.166. The van der Waals surface area contributed by atoms with Gasteiger partial charge in [0, 0.05) is 19.8 Å². The van der Waals surface area contributed by atoms with Crippen molar-refractivity contribution >= 4 is 17.5 Å². The summed E-state index contributed by atoms with van der Waals surface area (Å²) in [6.07, 6.45) is 0.350. The number of hydrogen-bond donors (Lipinski definition) is 2. The maximum atomic E-state index is 12.0. The van der Waals surface area contributed by atoms with Gasteiger partial charge >= 0.3 is 0 Å². The van der Waals surface area contributed by atoms with E-state index in [-0.39, 0.29) is 17.2 Å². The highest BCUT2D eigenvalue weighted by atomic mass is 16.2. The molecule has 2 amide bonds. The van der Waals surface area contributed by atoms with Gasteiger partial charge in [0.05, 0.1) is 12.5 Å². The predicted octanol–water partition coefficient (Wildman–Crippen LogP) is 1.63. The third-order valence-corrected chi connectivity index (χ3v) is 3.29. The number of carbonyl (C=O) groups excluding carboxylic acids is 2. The Morgan fingerprint density at radius 3 is 2.14 bits per heavy atom. The maximum absolute atomic E-state index is 12.0. The molecule has 0 aromatic heterocycles. The molecule has 0 unspecified atom stereocenters. The number of likely N-dealkylation sites (N-methyl/N-ethyl adjacent to an activating group) is 1. The van der Waals surface area contributed by atoms with Crippen molar-refractivity contribution in [3.8, 4) is 0 Å². The van der Waals surface area contributed by atoms with E-state index in [0.29, 0.717) is 12.1 Å². The van der Waals surface area contributed by atoms with Gasteiger partial charge in [-0.1, -0.05) is 32.9 Å². The van der Waals surface area contributed by atoms with Gasteiger partial charge in [0.2, 0.25) is 11.8 Å². The van der Waals surface area contributed by atoms with E-state index in [4.69, 9.17) is 5.73 Å². The van der Waals surface area contributed by atoms with Gasteiger partial charge in [0.15, 0.2) is 0 Å². The highest BCUT2D eigenvalue weighted by Crippen LogP contribution is 2.19. The van der Waals surface area contributed by atoms with Crippen molar-refractivity contribution in [2.24, 2.45) is 11.1 Å². The summed E-state index contributed by atoms with van der Waals surface area (Å²) in [7, 11) is 3.45. The summed E-state index contributed by atoms with van der Waals surface area (Å²) in [6.45, 7) is 5.77. The fourth-order valence-corrected chi connectivity index (χ4v) is 1.65. The largest absolute Gasteiger partial charge is 0.349 e. The Labute approximate surface area is 126 Å². The molecule has 0 saturated heterocycles. The Morgan fingerprint density at radius 1 is 1.19 bits per heavy atom. The number of amides is 2. The molecule has 0 fully saturated rings. The van der Waals surface area contributed by atoms with Gasteiger partial charge in [-0.3, -0.25) is 9.59 Å². The summed E-state index contributed by atoms with van der Waals surface area (Å²) in [5, 5.41) is 2.79. The van der Waals surface area contributed by atoms with E-state index < -0.39 is 6.04 Å². The molecule has 21 heavy (non-hydrogen) atoms. The van der Waals surface area contributed by atoms with E-state index in [2.05, 4.69) is 5.32 Å². The van der Waals surface area contributed by atoms with Crippen LogP contribution >= 0.6 is 0 Å². The monoisotopic (exact) mass is 291 g/mol. The fraction of sp³-hybridized carbons (Fsp3) is 0.500. The Hall–Kier alpha value is -1.88. The van der Waals surface area contributed by atoms with E-state index in [0.717, 1.165) is 5.56 Å². The van der Waals surface area contributed by atoms with Crippen molar-refractivity contribution in [2.75, 3.05) is 19.4 Å². The normalized spacial score (nSPS) is 12.7. The quantitative estimate of drug-likeness (QED) is 0.885. The van der Waals surface area contributed by atoms with Crippen LogP contribution in [0.4, 0.5) is 5.69 Å². The molecule has 0 radical (unpaired) electrons. The zero-order valence-electron chi connectivity index (χ0n) is 13.4. The predicted molar refractivity (Wildman–Crippen MR) is 84.9 cm³/mol. The van der Waals surface area contributed by atoms with Crippen LogP contribution in [-0.4, -0.2) is 36.9 Å². The minimum Gasteiger partial charge on any atom is -0.349 e. The molecule has 3 N–H and O–H groups in total. The molecule has 1 rings (SSSR count). The zero-order valence-corrected chi connectivity index (χ0v) is 13.4. The number of anilines is 1. The summed E-state index contributed by atoms with van der Waals surface area (Å²) in [4.78, 5) is 25.2. The second-order valence-electron chi connectivity index (χ2n) is 6.49. The smallest absolute Gasteiger partial charge is 0.241 e. The molecule has 0 aliphatic heterocycles. The average Bonchev–Trinajstić information content (AvgIpc) is 2.38. The first-order chi connectivity index (χ1) is 9.61. The highest BCUT2D eigenvalue weighted by molar-refractivity contribution is 5.95. The lowest BCUT2D eigenvalue weighted by Crippen LogP contribution is -2.45. The van der Waals surface area contributed by atoms with Crippen LogP contribution < -0.4 is 11.1 Å². The number of nitrogens with two attached hydrogens (primary N) is 1. The molecule has 0 saturated carbocycles. The SMILES string of the molecule is CN(C)C(=O)Cc1ccc(NC(=O)[C@H](N)C(C)(C)C)cc1.